The first-order valence-corrected chi connectivity index (χ1v) is 9.67. The number of carbonyl (C=O) groups is 1. The number of nitrogens with zero attached hydrogens (tertiary/aromatic N) is 4. The second-order valence-corrected chi connectivity index (χ2v) is 7.82. The number of aryl methyl sites for hydroxylation is 1. The summed E-state index contributed by atoms with van der Waals surface area (Å²) in [7, 11) is 0. The lowest BCUT2D eigenvalue weighted by Crippen LogP contribution is -2.46. The van der Waals surface area contributed by atoms with Crippen LogP contribution >= 0.6 is 0 Å². The summed E-state index contributed by atoms with van der Waals surface area (Å²) >= 11 is 0. The molecule has 3 rings (SSSR count). The zero-order valence-corrected chi connectivity index (χ0v) is 16.4. The maximum atomic E-state index is 13.2. The number of aromatic nitrogens is 2. The molecule has 146 valence electrons. The van der Waals surface area contributed by atoms with Gasteiger partial charge in [0.05, 0.1) is 6.20 Å². The first-order valence-electron chi connectivity index (χ1n) is 9.67. The van der Waals surface area contributed by atoms with E-state index in [0.29, 0.717) is 5.92 Å². The zero-order valence-electron chi connectivity index (χ0n) is 16.4. The van der Waals surface area contributed by atoms with Crippen LogP contribution in [0.1, 0.15) is 31.4 Å². The lowest BCUT2D eigenvalue weighted by molar-refractivity contribution is -0.132. The van der Waals surface area contributed by atoms with Crippen molar-refractivity contribution < 1.29 is 9.18 Å². The molecule has 0 spiro atoms. The summed E-state index contributed by atoms with van der Waals surface area (Å²) in [6.07, 6.45) is 4.61. The second-order valence-electron chi connectivity index (χ2n) is 7.82. The molecule has 0 saturated carbocycles. The van der Waals surface area contributed by atoms with E-state index >= 15 is 0 Å². The number of benzene rings is 1. The van der Waals surface area contributed by atoms with E-state index in [1.54, 1.807) is 10.9 Å². The Hall–Kier alpha value is -2.21. The van der Waals surface area contributed by atoms with Crippen molar-refractivity contribution in [2.24, 2.45) is 5.92 Å². The molecule has 0 unspecified atom stereocenters. The van der Waals surface area contributed by atoms with Crippen LogP contribution in [0.3, 0.4) is 0 Å². The van der Waals surface area contributed by atoms with E-state index in [1.165, 1.54) is 12.1 Å². The average Bonchev–Trinajstić information content (AvgIpc) is 2.90. The van der Waals surface area contributed by atoms with Crippen LogP contribution in [-0.2, 0) is 17.9 Å². The number of hydrogen-bond donors (Lipinski definition) is 0. The van der Waals surface area contributed by atoms with Crippen molar-refractivity contribution in [3.63, 3.8) is 0 Å². The lowest BCUT2D eigenvalue weighted by atomic mass is 10.0. The van der Waals surface area contributed by atoms with Gasteiger partial charge in [-0.05, 0) is 42.5 Å². The Morgan fingerprint density at radius 1 is 1.26 bits per heavy atom. The van der Waals surface area contributed by atoms with Crippen molar-refractivity contribution in [1.82, 2.24) is 19.6 Å². The van der Waals surface area contributed by atoms with E-state index < -0.39 is 0 Å². The van der Waals surface area contributed by atoms with E-state index in [1.807, 2.05) is 30.2 Å². The molecule has 0 aliphatic carbocycles. The van der Waals surface area contributed by atoms with Crippen LogP contribution in [0, 0.1) is 18.7 Å². The number of hydrogen-bond acceptors (Lipinski definition) is 3. The number of rotatable bonds is 5. The number of amides is 1. The summed E-state index contributed by atoms with van der Waals surface area (Å²) in [5, 5.41) is 4.23. The van der Waals surface area contributed by atoms with Crippen molar-refractivity contribution in [1.29, 1.82) is 0 Å². The summed E-state index contributed by atoms with van der Waals surface area (Å²) in [5.74, 6) is 0.332. The lowest BCUT2D eigenvalue weighted by Gasteiger charge is -2.34. The van der Waals surface area contributed by atoms with Crippen LogP contribution in [0.4, 0.5) is 4.39 Å². The van der Waals surface area contributed by atoms with E-state index in [-0.39, 0.29) is 24.3 Å². The standard InChI is InChI=1S/C21H29FN4O/c1-16(2)20-14-25(21(27)15-26-12-17(3)11-23-26)10-4-9-24(20)13-18-5-7-19(22)8-6-18/h5-8,11-12,16,20H,4,9-10,13-15H2,1-3H3/t20-/m0/s1. The van der Waals surface area contributed by atoms with Gasteiger partial charge in [-0.15, -0.1) is 0 Å². The predicted octanol–water partition coefficient (Wildman–Crippen LogP) is 3.09. The van der Waals surface area contributed by atoms with Gasteiger partial charge in [0, 0.05) is 38.4 Å². The highest BCUT2D eigenvalue weighted by molar-refractivity contribution is 5.76. The maximum Gasteiger partial charge on any atom is 0.244 e. The summed E-state index contributed by atoms with van der Waals surface area (Å²) in [6.45, 7) is 9.87. The van der Waals surface area contributed by atoms with Gasteiger partial charge in [0.15, 0.2) is 0 Å². The Bertz CT molecular complexity index is 756. The summed E-state index contributed by atoms with van der Waals surface area (Å²) in [4.78, 5) is 17.2. The van der Waals surface area contributed by atoms with Crippen LogP contribution in [-0.4, -0.2) is 51.2 Å². The Kier molecular flexibility index (Phi) is 6.26. The van der Waals surface area contributed by atoms with E-state index in [9.17, 15) is 9.18 Å². The normalized spacial score (nSPS) is 18.7. The fourth-order valence-electron chi connectivity index (χ4n) is 3.73. The number of carbonyl (C=O) groups excluding carboxylic acids is 1. The SMILES string of the molecule is Cc1cnn(CC(=O)N2CCCN(Cc3ccc(F)cc3)[C@H](C(C)C)C2)c1. The Balaban J connectivity index is 1.68. The first-order chi connectivity index (χ1) is 12.9. The van der Waals surface area contributed by atoms with Gasteiger partial charge in [-0.25, -0.2) is 4.39 Å². The zero-order chi connectivity index (χ0) is 19.4. The third-order valence-electron chi connectivity index (χ3n) is 5.23. The molecule has 1 aromatic carbocycles. The molecular formula is C21H29FN4O. The largest absolute Gasteiger partial charge is 0.339 e. The molecule has 0 bridgehead atoms. The van der Waals surface area contributed by atoms with Crippen LogP contribution in [0.5, 0.6) is 0 Å². The minimum Gasteiger partial charge on any atom is -0.339 e. The van der Waals surface area contributed by atoms with E-state index in [0.717, 1.165) is 43.7 Å². The third kappa shape index (κ3) is 5.16. The second kappa shape index (κ2) is 8.65. The minimum absolute atomic E-state index is 0.118. The molecule has 6 heteroatoms. The van der Waals surface area contributed by atoms with Crippen LogP contribution < -0.4 is 0 Å². The van der Waals surface area contributed by atoms with Gasteiger partial charge in [0.1, 0.15) is 12.4 Å². The molecule has 1 saturated heterocycles. The molecule has 1 amide bonds. The highest BCUT2D eigenvalue weighted by Gasteiger charge is 2.29. The molecule has 1 fully saturated rings. The van der Waals surface area contributed by atoms with Gasteiger partial charge in [-0.3, -0.25) is 14.4 Å². The third-order valence-corrected chi connectivity index (χ3v) is 5.23. The average molecular weight is 372 g/mol. The molecule has 1 aromatic heterocycles. The van der Waals surface area contributed by atoms with E-state index in [4.69, 9.17) is 0 Å². The fourth-order valence-corrected chi connectivity index (χ4v) is 3.73. The molecule has 1 atom stereocenters. The minimum atomic E-state index is -0.208. The quantitative estimate of drug-likeness (QED) is 0.810. The summed E-state index contributed by atoms with van der Waals surface area (Å²) in [5.41, 5.74) is 2.16. The smallest absolute Gasteiger partial charge is 0.244 e. The molecule has 27 heavy (non-hydrogen) atoms. The molecule has 0 N–H and O–H groups in total. The van der Waals surface area contributed by atoms with Gasteiger partial charge < -0.3 is 4.90 Å². The van der Waals surface area contributed by atoms with Crippen molar-refractivity contribution in [2.45, 2.75) is 46.3 Å². The highest BCUT2D eigenvalue weighted by Crippen LogP contribution is 2.20. The fraction of sp³-hybridized carbons (Fsp3) is 0.524. The maximum absolute atomic E-state index is 13.2. The summed E-state index contributed by atoms with van der Waals surface area (Å²) < 4.78 is 14.9. The van der Waals surface area contributed by atoms with Crippen LogP contribution in [0.15, 0.2) is 36.7 Å². The van der Waals surface area contributed by atoms with Crippen LogP contribution in [0.25, 0.3) is 0 Å². The van der Waals surface area contributed by atoms with Gasteiger partial charge in [-0.1, -0.05) is 26.0 Å². The first kappa shape index (κ1) is 19.5. The predicted molar refractivity (Wildman–Crippen MR) is 104 cm³/mol. The Morgan fingerprint density at radius 2 is 2.00 bits per heavy atom. The topological polar surface area (TPSA) is 41.4 Å². The molecule has 0 radical (unpaired) electrons. The van der Waals surface area contributed by atoms with Crippen molar-refractivity contribution in [3.8, 4) is 0 Å². The number of halogens is 1. The Morgan fingerprint density at radius 3 is 2.63 bits per heavy atom. The molecule has 5 nitrogen and oxygen atoms in total. The van der Waals surface area contributed by atoms with Gasteiger partial charge in [0.2, 0.25) is 5.91 Å². The monoisotopic (exact) mass is 372 g/mol. The van der Waals surface area contributed by atoms with E-state index in [2.05, 4.69) is 23.8 Å². The molecule has 2 heterocycles. The van der Waals surface area contributed by atoms with Crippen molar-refractivity contribution in [3.05, 3.63) is 53.6 Å². The van der Waals surface area contributed by atoms with Gasteiger partial charge in [0.25, 0.3) is 0 Å². The van der Waals surface area contributed by atoms with Gasteiger partial charge in [-0.2, -0.15) is 5.10 Å². The highest BCUT2D eigenvalue weighted by atomic mass is 19.1. The van der Waals surface area contributed by atoms with Crippen molar-refractivity contribution in [2.75, 3.05) is 19.6 Å². The van der Waals surface area contributed by atoms with Gasteiger partial charge >= 0.3 is 0 Å². The molecule has 1 aliphatic heterocycles. The molecular weight excluding hydrogens is 343 g/mol. The molecule has 1 aliphatic rings. The van der Waals surface area contributed by atoms with Crippen LogP contribution in [0.2, 0.25) is 0 Å². The summed E-state index contributed by atoms with van der Waals surface area (Å²) in [6, 6.07) is 7.00. The van der Waals surface area contributed by atoms with Crippen molar-refractivity contribution >= 4 is 5.91 Å². The molecule has 2 aromatic rings. The Labute approximate surface area is 160 Å².